The van der Waals surface area contributed by atoms with Gasteiger partial charge in [-0.3, -0.25) is 4.79 Å². The lowest BCUT2D eigenvalue weighted by molar-refractivity contribution is 0.712. The maximum Gasteiger partial charge on any atom is 0.258 e. The fourth-order valence-corrected chi connectivity index (χ4v) is 3.98. The van der Waals surface area contributed by atoms with Crippen LogP contribution in [-0.2, 0) is 0 Å². The molecule has 0 aliphatic heterocycles. The van der Waals surface area contributed by atoms with Gasteiger partial charge in [-0.05, 0) is 86.1 Å². The molecule has 3 heteroatoms. The molecular weight excluding hydrogens is 332 g/mol. The van der Waals surface area contributed by atoms with Crippen LogP contribution in [0.1, 0.15) is 83.8 Å². The quantitative estimate of drug-likeness (QED) is 0.629. The minimum Gasteiger partial charge on any atom is -0.310 e. The summed E-state index contributed by atoms with van der Waals surface area (Å²) in [4.78, 5) is 19.1. The van der Waals surface area contributed by atoms with Gasteiger partial charge in [0, 0.05) is 0 Å². The van der Waals surface area contributed by atoms with E-state index < -0.39 is 0 Å². The van der Waals surface area contributed by atoms with Crippen molar-refractivity contribution >= 4 is 5.57 Å². The SMILES string of the molecule is CC1=C(c2c(C)nc(C)[nH]c2=O)CCCC1.CC1=CC(C)=C(C)CC(C)=C1. The largest absolute Gasteiger partial charge is 0.310 e. The lowest BCUT2D eigenvalue weighted by Gasteiger charge is -2.18. The van der Waals surface area contributed by atoms with Gasteiger partial charge in [0.15, 0.2) is 0 Å². The molecule has 3 rings (SSSR count). The number of hydrogen-bond acceptors (Lipinski definition) is 2. The third kappa shape index (κ3) is 5.66. The minimum absolute atomic E-state index is 0.0150. The summed E-state index contributed by atoms with van der Waals surface area (Å²) in [6.45, 7) is 14.6. The zero-order valence-electron chi connectivity index (χ0n) is 18.0. The summed E-state index contributed by atoms with van der Waals surface area (Å²) in [5.74, 6) is 0.695. The van der Waals surface area contributed by atoms with Crippen molar-refractivity contribution in [2.24, 2.45) is 0 Å². The molecule has 1 heterocycles. The first-order valence-corrected chi connectivity index (χ1v) is 9.97. The average Bonchev–Trinajstić information content (AvgIpc) is 2.66. The smallest absolute Gasteiger partial charge is 0.258 e. The summed E-state index contributed by atoms with van der Waals surface area (Å²) in [7, 11) is 0. The molecule has 2 aliphatic carbocycles. The predicted octanol–water partition coefficient (Wildman–Crippen LogP) is 6.35. The molecule has 0 saturated carbocycles. The van der Waals surface area contributed by atoms with E-state index in [9.17, 15) is 4.79 Å². The Morgan fingerprint density at radius 1 is 0.889 bits per heavy atom. The summed E-state index contributed by atoms with van der Waals surface area (Å²) in [5, 5.41) is 0. The van der Waals surface area contributed by atoms with E-state index in [1.807, 2.05) is 13.8 Å². The molecular formula is C24H34N2O. The van der Waals surface area contributed by atoms with Crippen molar-refractivity contribution in [2.45, 2.75) is 80.6 Å². The summed E-state index contributed by atoms with van der Waals surface area (Å²) in [6.07, 6.45) is 10.2. The highest BCUT2D eigenvalue weighted by Crippen LogP contribution is 2.31. The van der Waals surface area contributed by atoms with Gasteiger partial charge in [-0.1, -0.05) is 40.0 Å². The van der Waals surface area contributed by atoms with Crippen molar-refractivity contribution in [3.63, 3.8) is 0 Å². The van der Waals surface area contributed by atoms with Crippen LogP contribution in [0.15, 0.2) is 44.8 Å². The molecule has 2 aliphatic rings. The number of rotatable bonds is 1. The first-order chi connectivity index (χ1) is 12.7. The van der Waals surface area contributed by atoms with Crippen LogP contribution in [-0.4, -0.2) is 9.97 Å². The first-order valence-electron chi connectivity index (χ1n) is 9.97. The second kappa shape index (κ2) is 9.16. The highest BCUT2D eigenvalue weighted by Gasteiger charge is 2.17. The van der Waals surface area contributed by atoms with Gasteiger partial charge in [0.25, 0.3) is 5.56 Å². The highest BCUT2D eigenvalue weighted by molar-refractivity contribution is 5.69. The second-order valence-corrected chi connectivity index (χ2v) is 8.10. The van der Waals surface area contributed by atoms with Crippen LogP contribution in [0.4, 0.5) is 0 Å². The first kappa shape index (κ1) is 21.1. The molecule has 3 nitrogen and oxygen atoms in total. The van der Waals surface area contributed by atoms with Crippen molar-refractivity contribution in [1.82, 2.24) is 9.97 Å². The summed E-state index contributed by atoms with van der Waals surface area (Å²) in [5.41, 5.74) is 10.0. The molecule has 0 aromatic carbocycles. The Hall–Kier alpha value is -2.16. The van der Waals surface area contributed by atoms with Gasteiger partial charge in [-0.25, -0.2) is 4.98 Å². The summed E-state index contributed by atoms with van der Waals surface area (Å²) >= 11 is 0. The van der Waals surface area contributed by atoms with E-state index in [1.54, 1.807) is 0 Å². The fourth-order valence-electron chi connectivity index (χ4n) is 3.98. The van der Waals surface area contributed by atoms with E-state index in [0.29, 0.717) is 5.82 Å². The van der Waals surface area contributed by atoms with Crippen LogP contribution >= 0.6 is 0 Å². The van der Waals surface area contributed by atoms with Gasteiger partial charge in [0.2, 0.25) is 0 Å². The van der Waals surface area contributed by atoms with Crippen molar-refractivity contribution in [2.75, 3.05) is 0 Å². The van der Waals surface area contributed by atoms with E-state index in [0.717, 1.165) is 30.5 Å². The minimum atomic E-state index is 0.0150. The molecule has 146 valence electrons. The lowest BCUT2D eigenvalue weighted by atomic mass is 9.88. The Morgan fingerprint density at radius 2 is 1.56 bits per heavy atom. The fraction of sp³-hybridized carbons (Fsp3) is 0.500. The number of allylic oxidation sites excluding steroid dienone is 8. The third-order valence-corrected chi connectivity index (χ3v) is 5.40. The van der Waals surface area contributed by atoms with Crippen LogP contribution in [0, 0.1) is 13.8 Å². The number of aryl methyl sites for hydroxylation is 2. The van der Waals surface area contributed by atoms with Crippen molar-refractivity contribution in [1.29, 1.82) is 0 Å². The van der Waals surface area contributed by atoms with E-state index in [1.165, 1.54) is 46.3 Å². The monoisotopic (exact) mass is 366 g/mol. The number of aromatic amines is 1. The number of nitrogens with zero attached hydrogens (tertiary/aromatic N) is 1. The molecule has 0 radical (unpaired) electrons. The zero-order chi connectivity index (χ0) is 20.1. The third-order valence-electron chi connectivity index (χ3n) is 5.40. The van der Waals surface area contributed by atoms with Gasteiger partial charge < -0.3 is 4.98 Å². The van der Waals surface area contributed by atoms with E-state index in [4.69, 9.17) is 0 Å². The maximum absolute atomic E-state index is 12.0. The van der Waals surface area contributed by atoms with Crippen LogP contribution in [0.2, 0.25) is 0 Å². The Labute approximate surface area is 164 Å². The standard InChI is InChI=1S/C13H18N2O.C11H16/c1-8-6-4-5-7-11(8)12-9(2)14-10(3)15-13(12)16;1-8-5-9(2)7-11(4)10(3)6-8/h4-7H2,1-3H3,(H,14,15,16);5-6H,7H2,1-4H3. The molecule has 0 fully saturated rings. The van der Waals surface area contributed by atoms with Gasteiger partial charge in [0.05, 0.1) is 11.3 Å². The number of hydrogen-bond donors (Lipinski definition) is 1. The highest BCUT2D eigenvalue weighted by atomic mass is 16.1. The van der Waals surface area contributed by atoms with Gasteiger partial charge >= 0.3 is 0 Å². The molecule has 0 unspecified atom stereocenters. The summed E-state index contributed by atoms with van der Waals surface area (Å²) < 4.78 is 0. The van der Waals surface area contributed by atoms with E-state index in [-0.39, 0.29) is 5.56 Å². The van der Waals surface area contributed by atoms with Crippen molar-refractivity contribution in [3.8, 4) is 0 Å². The van der Waals surface area contributed by atoms with Crippen LogP contribution < -0.4 is 5.56 Å². The Balaban J connectivity index is 0.000000208. The lowest BCUT2D eigenvalue weighted by Crippen LogP contribution is -2.18. The molecule has 1 aromatic rings. The van der Waals surface area contributed by atoms with E-state index >= 15 is 0 Å². The Morgan fingerprint density at radius 3 is 2.19 bits per heavy atom. The normalized spacial score (nSPS) is 17.7. The molecule has 0 atom stereocenters. The molecule has 1 aromatic heterocycles. The predicted molar refractivity (Wildman–Crippen MR) is 116 cm³/mol. The second-order valence-electron chi connectivity index (χ2n) is 8.10. The van der Waals surface area contributed by atoms with Gasteiger partial charge in [-0.15, -0.1) is 0 Å². The molecule has 0 amide bonds. The Bertz CT molecular complexity index is 891. The number of H-pyrrole nitrogens is 1. The van der Waals surface area contributed by atoms with Crippen LogP contribution in [0.5, 0.6) is 0 Å². The topological polar surface area (TPSA) is 45.8 Å². The Kier molecular flexibility index (Phi) is 7.18. The van der Waals surface area contributed by atoms with Gasteiger partial charge in [0.1, 0.15) is 5.82 Å². The van der Waals surface area contributed by atoms with Crippen molar-refractivity contribution < 1.29 is 0 Å². The van der Waals surface area contributed by atoms with Crippen molar-refractivity contribution in [3.05, 3.63) is 67.5 Å². The molecule has 0 bridgehead atoms. The number of nitrogens with one attached hydrogen (secondary N) is 1. The average molecular weight is 367 g/mol. The van der Waals surface area contributed by atoms with Gasteiger partial charge in [-0.2, -0.15) is 0 Å². The molecule has 1 N–H and O–H groups in total. The molecule has 27 heavy (non-hydrogen) atoms. The van der Waals surface area contributed by atoms with E-state index in [2.05, 4.69) is 56.7 Å². The molecule has 0 saturated heterocycles. The zero-order valence-corrected chi connectivity index (χ0v) is 18.0. The van der Waals surface area contributed by atoms with Crippen LogP contribution in [0.3, 0.4) is 0 Å². The maximum atomic E-state index is 12.0. The molecule has 0 spiro atoms. The summed E-state index contributed by atoms with van der Waals surface area (Å²) in [6, 6.07) is 0. The van der Waals surface area contributed by atoms with Crippen LogP contribution in [0.25, 0.3) is 5.57 Å². The number of aromatic nitrogens is 2.